The first-order valence-electron chi connectivity index (χ1n) is 10.8. The minimum Gasteiger partial charge on any atom is -0.372 e. The molecule has 0 bridgehead atoms. The Hall–Kier alpha value is -2.60. The molecule has 2 aromatic carbocycles. The summed E-state index contributed by atoms with van der Waals surface area (Å²) in [5.41, 5.74) is 4.10. The summed E-state index contributed by atoms with van der Waals surface area (Å²) in [7, 11) is 0. The normalized spacial score (nSPS) is 18.9. The van der Waals surface area contributed by atoms with Crippen LogP contribution in [0, 0.1) is 6.92 Å². The lowest BCUT2D eigenvalue weighted by Crippen LogP contribution is -2.45. The first kappa shape index (κ1) is 21.3. The smallest absolute Gasteiger partial charge is 0.262 e. The van der Waals surface area contributed by atoms with Gasteiger partial charge in [-0.3, -0.25) is 9.36 Å². The fourth-order valence-corrected chi connectivity index (χ4v) is 5.75. The predicted octanol–water partition coefficient (Wildman–Crippen LogP) is 6.29. The molecule has 0 saturated carbocycles. The van der Waals surface area contributed by atoms with Gasteiger partial charge in [0.1, 0.15) is 0 Å². The van der Waals surface area contributed by atoms with Gasteiger partial charge in [0, 0.05) is 51.9 Å². The van der Waals surface area contributed by atoms with Gasteiger partial charge in [-0.1, -0.05) is 23.7 Å². The molecule has 32 heavy (non-hydrogen) atoms. The number of thiophene rings is 1. The van der Waals surface area contributed by atoms with Crippen molar-refractivity contribution >= 4 is 39.4 Å². The quantitative estimate of drug-likeness (QED) is 0.357. The average molecular weight is 465 g/mol. The van der Waals surface area contributed by atoms with Gasteiger partial charge in [0.05, 0.1) is 16.5 Å². The Morgan fingerprint density at radius 3 is 2.31 bits per heavy atom. The number of morpholine rings is 1. The topological polar surface area (TPSA) is 34.5 Å². The van der Waals surface area contributed by atoms with Gasteiger partial charge in [0.25, 0.3) is 5.56 Å². The molecule has 0 N–H and O–H groups in total. The molecule has 0 aliphatic carbocycles. The molecule has 6 heteroatoms. The SMILES string of the molecule is Cc1cn(-c2ccc(N3CC(C)O[C@H](C)C3)cc2)c(=O)c2cccc(-c3ccc(Cl)s3)c12. The van der Waals surface area contributed by atoms with E-state index in [-0.39, 0.29) is 17.8 Å². The monoisotopic (exact) mass is 464 g/mol. The summed E-state index contributed by atoms with van der Waals surface area (Å²) in [6, 6.07) is 18.1. The fraction of sp³-hybridized carbons (Fsp3) is 0.269. The van der Waals surface area contributed by atoms with Crippen LogP contribution in [0.1, 0.15) is 19.4 Å². The van der Waals surface area contributed by atoms with E-state index < -0.39 is 0 Å². The summed E-state index contributed by atoms with van der Waals surface area (Å²) in [6.45, 7) is 8.00. The zero-order chi connectivity index (χ0) is 22.4. The number of hydrogen-bond acceptors (Lipinski definition) is 4. The van der Waals surface area contributed by atoms with Crippen LogP contribution in [0.4, 0.5) is 5.69 Å². The molecule has 2 atom stereocenters. The molecule has 0 radical (unpaired) electrons. The van der Waals surface area contributed by atoms with Crippen LogP contribution < -0.4 is 10.5 Å². The Bertz CT molecular complexity index is 1330. The van der Waals surface area contributed by atoms with Crippen LogP contribution in [-0.4, -0.2) is 29.9 Å². The fourth-order valence-electron chi connectivity index (χ4n) is 4.67. The Morgan fingerprint density at radius 1 is 0.969 bits per heavy atom. The molecule has 0 amide bonds. The van der Waals surface area contributed by atoms with Gasteiger partial charge in [-0.15, -0.1) is 11.3 Å². The van der Waals surface area contributed by atoms with Gasteiger partial charge in [-0.05, 0) is 68.8 Å². The number of halogens is 1. The van der Waals surface area contributed by atoms with Crippen molar-refractivity contribution in [2.75, 3.05) is 18.0 Å². The van der Waals surface area contributed by atoms with Gasteiger partial charge in [-0.2, -0.15) is 0 Å². The van der Waals surface area contributed by atoms with Crippen molar-refractivity contribution in [1.82, 2.24) is 4.57 Å². The van der Waals surface area contributed by atoms with Gasteiger partial charge in [0.15, 0.2) is 0 Å². The molecular formula is C26H25ClN2O2S. The number of hydrogen-bond donors (Lipinski definition) is 0. The molecule has 1 unspecified atom stereocenters. The van der Waals surface area contributed by atoms with Crippen LogP contribution in [0.3, 0.4) is 0 Å². The molecule has 1 fully saturated rings. The van der Waals surface area contributed by atoms with Crippen molar-refractivity contribution in [3.8, 4) is 16.1 Å². The molecule has 1 aliphatic rings. The zero-order valence-electron chi connectivity index (χ0n) is 18.3. The summed E-state index contributed by atoms with van der Waals surface area (Å²) in [5.74, 6) is 0. The second-order valence-corrected chi connectivity index (χ2v) is 10.2. The number of rotatable bonds is 3. The van der Waals surface area contributed by atoms with Crippen molar-refractivity contribution in [2.45, 2.75) is 33.0 Å². The number of fused-ring (bicyclic) bond motifs is 1. The Labute approximate surface area is 196 Å². The molecule has 4 nitrogen and oxygen atoms in total. The number of aryl methyl sites for hydroxylation is 1. The highest BCUT2D eigenvalue weighted by molar-refractivity contribution is 7.19. The minimum atomic E-state index is -0.0172. The molecule has 164 valence electrons. The number of nitrogens with zero attached hydrogens (tertiary/aromatic N) is 2. The first-order chi connectivity index (χ1) is 15.4. The predicted molar refractivity (Wildman–Crippen MR) is 135 cm³/mol. The lowest BCUT2D eigenvalue weighted by atomic mass is 10.0. The lowest BCUT2D eigenvalue weighted by molar-refractivity contribution is -0.00521. The van der Waals surface area contributed by atoms with Gasteiger partial charge >= 0.3 is 0 Å². The molecule has 1 saturated heterocycles. The van der Waals surface area contributed by atoms with E-state index in [2.05, 4.69) is 43.9 Å². The van der Waals surface area contributed by atoms with Crippen molar-refractivity contribution in [2.24, 2.45) is 0 Å². The van der Waals surface area contributed by atoms with Gasteiger partial charge < -0.3 is 9.64 Å². The molecule has 5 rings (SSSR count). The summed E-state index contributed by atoms with van der Waals surface area (Å²) < 4.78 is 8.34. The summed E-state index contributed by atoms with van der Waals surface area (Å²) in [6.07, 6.45) is 2.35. The van der Waals surface area contributed by atoms with Crippen LogP contribution in [0.5, 0.6) is 0 Å². The van der Waals surface area contributed by atoms with E-state index in [4.69, 9.17) is 16.3 Å². The Balaban J connectivity index is 1.55. The maximum Gasteiger partial charge on any atom is 0.262 e. The minimum absolute atomic E-state index is 0.0172. The standard InChI is InChI=1S/C26H25ClN2O2S/c1-16-13-29(20-9-7-19(8-10-20)28-14-17(2)31-18(3)15-28)26(30)22-6-4-5-21(25(16)22)23-11-12-24(27)32-23/h4-13,17-18H,14-15H2,1-3H3/t17-,18?/m1/s1. The van der Waals surface area contributed by atoms with Crippen LogP contribution in [0.25, 0.3) is 26.9 Å². The van der Waals surface area contributed by atoms with Crippen molar-refractivity contribution < 1.29 is 4.74 Å². The van der Waals surface area contributed by atoms with Crippen LogP contribution in [-0.2, 0) is 4.74 Å². The van der Waals surface area contributed by atoms with E-state index in [0.29, 0.717) is 5.39 Å². The third-order valence-electron chi connectivity index (χ3n) is 5.98. The van der Waals surface area contributed by atoms with E-state index in [1.54, 1.807) is 4.57 Å². The number of pyridine rings is 1. The van der Waals surface area contributed by atoms with E-state index in [0.717, 1.165) is 50.2 Å². The molecule has 0 spiro atoms. The molecule has 4 aromatic rings. The highest BCUT2D eigenvalue weighted by Crippen LogP contribution is 2.36. The maximum absolute atomic E-state index is 13.5. The second-order valence-electron chi connectivity index (χ2n) is 8.50. The van der Waals surface area contributed by atoms with Crippen molar-refractivity contribution in [3.63, 3.8) is 0 Å². The van der Waals surface area contributed by atoms with Crippen LogP contribution >= 0.6 is 22.9 Å². The highest BCUT2D eigenvalue weighted by atomic mass is 35.5. The average Bonchev–Trinajstić information content (AvgIpc) is 3.21. The summed E-state index contributed by atoms with van der Waals surface area (Å²) in [4.78, 5) is 16.9. The van der Waals surface area contributed by atoms with E-state index in [9.17, 15) is 4.79 Å². The number of aromatic nitrogens is 1. The van der Waals surface area contributed by atoms with Gasteiger partial charge in [0.2, 0.25) is 0 Å². The lowest BCUT2D eigenvalue weighted by Gasteiger charge is -2.36. The zero-order valence-corrected chi connectivity index (χ0v) is 19.9. The van der Waals surface area contributed by atoms with Crippen LogP contribution in [0.2, 0.25) is 4.34 Å². The third kappa shape index (κ3) is 3.85. The number of ether oxygens (including phenoxy) is 1. The molecular weight excluding hydrogens is 440 g/mol. The Morgan fingerprint density at radius 2 is 1.66 bits per heavy atom. The van der Waals surface area contributed by atoms with Crippen molar-refractivity contribution in [1.29, 1.82) is 0 Å². The number of benzene rings is 2. The molecule has 3 heterocycles. The van der Waals surface area contributed by atoms with Crippen LogP contribution in [0.15, 0.2) is 65.6 Å². The largest absolute Gasteiger partial charge is 0.372 e. The number of anilines is 1. The first-order valence-corrected chi connectivity index (χ1v) is 12.0. The summed E-state index contributed by atoms with van der Waals surface area (Å²) in [5, 5.41) is 1.70. The Kier molecular flexibility index (Phi) is 5.58. The molecule has 1 aliphatic heterocycles. The second kappa shape index (κ2) is 8.39. The highest BCUT2D eigenvalue weighted by Gasteiger charge is 2.22. The summed E-state index contributed by atoms with van der Waals surface area (Å²) >= 11 is 7.69. The van der Waals surface area contributed by atoms with E-state index >= 15 is 0 Å². The third-order valence-corrected chi connectivity index (χ3v) is 7.25. The molecule has 2 aromatic heterocycles. The van der Waals surface area contributed by atoms with E-state index in [1.165, 1.54) is 11.3 Å². The van der Waals surface area contributed by atoms with E-state index in [1.807, 2.05) is 42.6 Å². The maximum atomic E-state index is 13.5. The van der Waals surface area contributed by atoms with Gasteiger partial charge in [-0.25, -0.2) is 0 Å². The van der Waals surface area contributed by atoms with Crippen molar-refractivity contribution in [3.05, 3.63) is 81.0 Å².